The van der Waals surface area contributed by atoms with Gasteiger partial charge in [0.25, 0.3) is 0 Å². The van der Waals surface area contributed by atoms with Gasteiger partial charge in [-0.1, -0.05) is 79.7 Å². The lowest BCUT2D eigenvalue weighted by Gasteiger charge is -2.22. The van der Waals surface area contributed by atoms with E-state index < -0.39 is 0 Å². The molecule has 1 nitrogen and oxygen atoms in total. The number of rotatable bonds is 8. The summed E-state index contributed by atoms with van der Waals surface area (Å²) in [5, 5.41) is 0. The molecule has 0 amide bonds. The highest BCUT2D eigenvalue weighted by Gasteiger charge is 2.06. The molecule has 21 heavy (non-hydrogen) atoms. The van der Waals surface area contributed by atoms with Crippen molar-refractivity contribution in [1.82, 2.24) is 4.90 Å². The van der Waals surface area contributed by atoms with Crippen molar-refractivity contribution in [2.45, 2.75) is 32.9 Å². The first-order chi connectivity index (χ1) is 10.4. The topological polar surface area (TPSA) is 3.24 Å². The number of hydrogen-bond donors (Lipinski definition) is 0. The van der Waals surface area contributed by atoms with E-state index in [1.54, 1.807) is 0 Å². The van der Waals surface area contributed by atoms with Gasteiger partial charge in [0.05, 0.1) is 0 Å². The van der Waals surface area contributed by atoms with Gasteiger partial charge in [-0.05, 0) is 24.0 Å². The summed E-state index contributed by atoms with van der Waals surface area (Å²) in [6, 6.07) is 21.5. The van der Waals surface area contributed by atoms with E-state index in [2.05, 4.69) is 84.6 Å². The monoisotopic (exact) mass is 279 g/mol. The Hall–Kier alpha value is -1.86. The predicted octanol–water partition coefficient (Wildman–Crippen LogP) is 5.05. The van der Waals surface area contributed by atoms with Crippen molar-refractivity contribution in [2.75, 3.05) is 6.54 Å². The predicted molar refractivity (Wildman–Crippen MR) is 91.0 cm³/mol. The second-order valence-corrected chi connectivity index (χ2v) is 5.35. The first kappa shape index (κ1) is 15.5. The Morgan fingerprint density at radius 1 is 0.762 bits per heavy atom. The van der Waals surface area contributed by atoms with Crippen molar-refractivity contribution in [2.24, 2.45) is 0 Å². The van der Waals surface area contributed by atoms with E-state index in [4.69, 9.17) is 0 Å². The van der Waals surface area contributed by atoms with Crippen LogP contribution in [-0.2, 0) is 13.1 Å². The molecule has 110 valence electrons. The normalized spacial score (nSPS) is 11.3. The van der Waals surface area contributed by atoms with Gasteiger partial charge in [0.2, 0.25) is 0 Å². The van der Waals surface area contributed by atoms with E-state index in [1.807, 2.05) is 0 Å². The van der Waals surface area contributed by atoms with Gasteiger partial charge < -0.3 is 0 Å². The maximum Gasteiger partial charge on any atom is 0.0237 e. The molecule has 0 aliphatic rings. The minimum absolute atomic E-state index is 1.01. The molecule has 0 saturated carbocycles. The molecular formula is C20H25N. The Morgan fingerprint density at radius 3 is 1.76 bits per heavy atom. The average molecular weight is 279 g/mol. The van der Waals surface area contributed by atoms with Gasteiger partial charge in [0.1, 0.15) is 0 Å². The zero-order chi connectivity index (χ0) is 14.8. The smallest absolute Gasteiger partial charge is 0.0237 e. The molecule has 0 aliphatic carbocycles. The third-order valence-corrected chi connectivity index (χ3v) is 3.51. The van der Waals surface area contributed by atoms with E-state index in [9.17, 15) is 0 Å². The second-order valence-electron chi connectivity index (χ2n) is 5.35. The van der Waals surface area contributed by atoms with Gasteiger partial charge in [-0.3, -0.25) is 4.90 Å². The fraction of sp³-hybridized carbons (Fsp3) is 0.300. The summed E-state index contributed by atoms with van der Waals surface area (Å²) in [4.78, 5) is 2.52. The molecule has 0 atom stereocenters. The van der Waals surface area contributed by atoms with Gasteiger partial charge in [-0.25, -0.2) is 0 Å². The summed E-state index contributed by atoms with van der Waals surface area (Å²) >= 11 is 0. The summed E-state index contributed by atoms with van der Waals surface area (Å²) in [5.74, 6) is 0. The van der Waals surface area contributed by atoms with Gasteiger partial charge >= 0.3 is 0 Å². The highest BCUT2D eigenvalue weighted by Crippen LogP contribution is 2.10. The van der Waals surface area contributed by atoms with Crippen molar-refractivity contribution < 1.29 is 0 Å². The lowest BCUT2D eigenvalue weighted by molar-refractivity contribution is 0.262. The third-order valence-electron chi connectivity index (χ3n) is 3.51. The largest absolute Gasteiger partial charge is 0.295 e. The maximum absolute atomic E-state index is 2.52. The Balaban J connectivity index is 1.97. The standard InChI is InChI=1S/C20H25N/c1-2-3-4-11-16-21(17-19-12-7-5-8-13-19)18-20-14-9-6-10-15-20/h3-10,12-15H,2,11,16-18H2,1H3. The summed E-state index contributed by atoms with van der Waals surface area (Å²) in [6.07, 6.45) is 6.79. The summed E-state index contributed by atoms with van der Waals surface area (Å²) < 4.78 is 0. The first-order valence-electron chi connectivity index (χ1n) is 7.83. The van der Waals surface area contributed by atoms with Crippen molar-refractivity contribution >= 4 is 0 Å². The minimum atomic E-state index is 1.01. The number of nitrogens with zero attached hydrogens (tertiary/aromatic N) is 1. The molecule has 0 fully saturated rings. The Bertz CT molecular complexity index is 475. The van der Waals surface area contributed by atoms with E-state index in [1.165, 1.54) is 11.1 Å². The molecule has 0 aliphatic heterocycles. The first-order valence-corrected chi connectivity index (χ1v) is 7.83. The molecule has 0 bridgehead atoms. The number of hydrogen-bond acceptors (Lipinski definition) is 1. The van der Waals surface area contributed by atoms with E-state index in [0.29, 0.717) is 0 Å². The van der Waals surface area contributed by atoms with Crippen LogP contribution in [0.15, 0.2) is 72.8 Å². The lowest BCUT2D eigenvalue weighted by atomic mass is 10.1. The van der Waals surface area contributed by atoms with Gasteiger partial charge in [-0.15, -0.1) is 0 Å². The molecule has 0 heterocycles. The van der Waals surface area contributed by atoms with E-state index >= 15 is 0 Å². The molecule has 1 heteroatoms. The highest BCUT2D eigenvalue weighted by molar-refractivity contribution is 5.17. The van der Waals surface area contributed by atoms with Crippen LogP contribution in [0.3, 0.4) is 0 Å². The number of benzene rings is 2. The van der Waals surface area contributed by atoms with Crippen LogP contribution in [0.2, 0.25) is 0 Å². The van der Waals surface area contributed by atoms with Crippen LogP contribution >= 0.6 is 0 Å². The van der Waals surface area contributed by atoms with Crippen molar-refractivity contribution in [1.29, 1.82) is 0 Å². The van der Waals surface area contributed by atoms with E-state index in [0.717, 1.165) is 32.5 Å². The highest BCUT2D eigenvalue weighted by atomic mass is 15.1. The Morgan fingerprint density at radius 2 is 1.29 bits per heavy atom. The zero-order valence-corrected chi connectivity index (χ0v) is 12.9. The fourth-order valence-electron chi connectivity index (χ4n) is 2.44. The Labute approximate surface area is 128 Å². The van der Waals surface area contributed by atoms with Crippen molar-refractivity contribution in [3.8, 4) is 0 Å². The van der Waals surface area contributed by atoms with E-state index in [-0.39, 0.29) is 0 Å². The summed E-state index contributed by atoms with van der Waals surface area (Å²) in [6.45, 7) is 5.30. The lowest BCUT2D eigenvalue weighted by Crippen LogP contribution is -2.23. The molecule has 0 spiro atoms. The quantitative estimate of drug-likeness (QED) is 0.611. The van der Waals surface area contributed by atoms with Gasteiger partial charge in [0.15, 0.2) is 0 Å². The van der Waals surface area contributed by atoms with Crippen LogP contribution in [0.1, 0.15) is 30.9 Å². The van der Waals surface area contributed by atoms with Crippen molar-refractivity contribution in [3.63, 3.8) is 0 Å². The van der Waals surface area contributed by atoms with Crippen LogP contribution in [0, 0.1) is 0 Å². The molecule has 2 aromatic carbocycles. The molecule has 0 saturated heterocycles. The Kier molecular flexibility index (Phi) is 6.76. The number of allylic oxidation sites excluding steroid dienone is 1. The summed E-state index contributed by atoms with van der Waals surface area (Å²) in [5.41, 5.74) is 2.76. The minimum Gasteiger partial charge on any atom is -0.295 e. The van der Waals surface area contributed by atoms with Gasteiger partial charge in [-0.2, -0.15) is 0 Å². The zero-order valence-electron chi connectivity index (χ0n) is 12.9. The second kappa shape index (κ2) is 9.15. The van der Waals surface area contributed by atoms with Crippen LogP contribution in [0.25, 0.3) is 0 Å². The van der Waals surface area contributed by atoms with Crippen LogP contribution in [0.5, 0.6) is 0 Å². The third kappa shape index (κ3) is 5.97. The molecule has 0 aromatic heterocycles. The molecule has 0 unspecified atom stereocenters. The molecule has 0 N–H and O–H groups in total. The van der Waals surface area contributed by atoms with Crippen LogP contribution in [-0.4, -0.2) is 11.4 Å². The van der Waals surface area contributed by atoms with Crippen molar-refractivity contribution in [3.05, 3.63) is 83.9 Å². The van der Waals surface area contributed by atoms with Crippen LogP contribution < -0.4 is 0 Å². The SMILES string of the molecule is CCC=CCCN(Cc1ccccc1)Cc1ccccc1. The molecule has 0 radical (unpaired) electrons. The van der Waals surface area contributed by atoms with Crippen LogP contribution in [0.4, 0.5) is 0 Å². The summed E-state index contributed by atoms with van der Waals surface area (Å²) in [7, 11) is 0. The average Bonchev–Trinajstić information content (AvgIpc) is 2.53. The van der Waals surface area contributed by atoms with Gasteiger partial charge in [0, 0.05) is 19.6 Å². The molecule has 2 rings (SSSR count). The fourth-order valence-corrected chi connectivity index (χ4v) is 2.44. The molecular weight excluding hydrogens is 254 g/mol. The maximum atomic E-state index is 2.52. The molecule has 2 aromatic rings.